The van der Waals surface area contributed by atoms with Crippen LogP contribution in [0.2, 0.25) is 5.02 Å². The second-order valence-electron chi connectivity index (χ2n) is 6.56. The largest absolute Gasteiger partial charge is 0.496 e. The molecule has 1 atom stereocenters. The number of methoxy groups -OCH3 is 1. The number of rotatable bonds is 5. The maximum atomic E-state index is 14.6. The van der Waals surface area contributed by atoms with Crippen LogP contribution in [-0.2, 0) is 11.3 Å². The predicted molar refractivity (Wildman–Crippen MR) is 120 cm³/mol. The van der Waals surface area contributed by atoms with Gasteiger partial charge in [-0.2, -0.15) is 0 Å². The fourth-order valence-electron chi connectivity index (χ4n) is 3.43. The summed E-state index contributed by atoms with van der Waals surface area (Å²) in [5.74, 6) is -2.31. The van der Waals surface area contributed by atoms with Gasteiger partial charge in [-0.15, -0.1) is 11.3 Å². The molecular formula is C20H13ClF2IN3O3S. The van der Waals surface area contributed by atoms with Gasteiger partial charge in [-0.05, 0) is 46.9 Å². The van der Waals surface area contributed by atoms with Gasteiger partial charge in [0.25, 0.3) is 11.8 Å². The third kappa shape index (κ3) is 3.99. The van der Waals surface area contributed by atoms with Crippen LogP contribution in [0.25, 0.3) is 0 Å². The maximum Gasteiger partial charge on any atom is 0.257 e. The Balaban J connectivity index is 1.83. The fourth-order valence-corrected chi connectivity index (χ4v) is 4.76. The molecule has 1 unspecified atom stereocenters. The topological polar surface area (TPSA) is 71.5 Å². The predicted octanol–water partition coefficient (Wildman–Crippen LogP) is 5.02. The highest BCUT2D eigenvalue weighted by atomic mass is 127. The van der Waals surface area contributed by atoms with E-state index in [1.54, 1.807) is 5.38 Å². The Morgan fingerprint density at radius 3 is 2.84 bits per heavy atom. The Kier molecular flexibility index (Phi) is 6.13. The van der Waals surface area contributed by atoms with Crippen LogP contribution in [0.4, 0.5) is 13.9 Å². The Labute approximate surface area is 198 Å². The second-order valence-corrected chi connectivity index (χ2v) is 8.99. The lowest BCUT2D eigenvalue weighted by Crippen LogP contribution is -2.38. The van der Waals surface area contributed by atoms with Gasteiger partial charge < -0.3 is 9.64 Å². The minimum absolute atomic E-state index is 0.00603. The van der Waals surface area contributed by atoms with Crippen LogP contribution >= 0.6 is 45.5 Å². The Hall–Kier alpha value is -2.31. The van der Waals surface area contributed by atoms with E-state index in [9.17, 15) is 18.4 Å². The van der Waals surface area contributed by atoms with Crippen molar-refractivity contribution in [3.63, 3.8) is 0 Å². The van der Waals surface area contributed by atoms with Crippen LogP contribution < -0.4 is 10.1 Å². The minimum atomic E-state index is -1.32. The van der Waals surface area contributed by atoms with Crippen molar-refractivity contribution in [2.45, 2.75) is 12.6 Å². The van der Waals surface area contributed by atoms with E-state index in [2.05, 4.69) is 10.3 Å². The number of hydrogen-bond acceptors (Lipinski definition) is 5. The molecule has 3 aromatic rings. The molecule has 2 amide bonds. The van der Waals surface area contributed by atoms with Crippen molar-refractivity contribution in [3.05, 3.63) is 72.8 Å². The Morgan fingerprint density at radius 2 is 2.16 bits per heavy atom. The molecule has 1 aliphatic rings. The first-order chi connectivity index (χ1) is 14.8. The van der Waals surface area contributed by atoms with Crippen LogP contribution in [0.15, 0.2) is 35.8 Å². The highest BCUT2D eigenvalue weighted by Gasteiger charge is 2.42. The molecular weight excluding hydrogens is 563 g/mol. The number of benzene rings is 2. The van der Waals surface area contributed by atoms with Crippen LogP contribution in [0, 0.1) is 15.2 Å². The van der Waals surface area contributed by atoms with Crippen LogP contribution in [0.3, 0.4) is 0 Å². The third-order valence-corrected chi connectivity index (χ3v) is 7.04. The zero-order valence-corrected chi connectivity index (χ0v) is 19.5. The molecule has 0 aliphatic carbocycles. The summed E-state index contributed by atoms with van der Waals surface area (Å²) in [6.45, 7) is -0.216. The smallest absolute Gasteiger partial charge is 0.257 e. The van der Waals surface area contributed by atoms with E-state index in [1.807, 2.05) is 22.6 Å². The van der Waals surface area contributed by atoms with Gasteiger partial charge in [-0.1, -0.05) is 11.6 Å². The van der Waals surface area contributed by atoms with Gasteiger partial charge in [0.2, 0.25) is 0 Å². The van der Waals surface area contributed by atoms with Crippen LogP contribution in [0.1, 0.15) is 27.5 Å². The molecule has 0 bridgehead atoms. The molecule has 2 aromatic carbocycles. The van der Waals surface area contributed by atoms with E-state index in [0.29, 0.717) is 8.70 Å². The van der Waals surface area contributed by atoms with E-state index in [1.165, 1.54) is 42.8 Å². The first-order valence-corrected chi connectivity index (χ1v) is 11.2. The van der Waals surface area contributed by atoms with Crippen molar-refractivity contribution in [2.75, 3.05) is 12.4 Å². The number of nitrogens with one attached hydrogen (secondary N) is 1. The molecule has 6 nitrogen and oxygen atoms in total. The fraction of sp³-hybridized carbons (Fsp3) is 0.150. The second kappa shape index (κ2) is 8.67. The van der Waals surface area contributed by atoms with Gasteiger partial charge >= 0.3 is 0 Å². The van der Waals surface area contributed by atoms with Crippen molar-refractivity contribution >= 4 is 62.5 Å². The number of amides is 2. The average Bonchev–Trinajstić information content (AvgIpc) is 3.35. The number of aromatic nitrogens is 1. The summed E-state index contributed by atoms with van der Waals surface area (Å²) in [6, 6.07) is 3.56. The molecule has 11 heteroatoms. The van der Waals surface area contributed by atoms with Crippen molar-refractivity contribution in [3.8, 4) is 5.75 Å². The number of thiazole rings is 1. The lowest BCUT2D eigenvalue weighted by atomic mass is 10.0. The standard InChI is InChI=1S/C20H13ClF2IN3O3S/c1-30-14-3-2-9(22)6-10(14)17(18(28)26-20-25-4-5-31-20)27-8-11-12(23)7-13(24)16(21)15(11)19(27)29/h2-7,17H,8H2,1H3,(H,25,26,28). The summed E-state index contributed by atoms with van der Waals surface area (Å²) in [5.41, 5.74) is 0.190. The van der Waals surface area contributed by atoms with Gasteiger partial charge in [0, 0.05) is 26.3 Å². The first kappa shape index (κ1) is 21.9. The quantitative estimate of drug-likeness (QED) is 0.343. The van der Waals surface area contributed by atoms with E-state index in [-0.39, 0.29) is 34.0 Å². The molecule has 31 heavy (non-hydrogen) atoms. The number of ether oxygens (including phenoxy) is 1. The molecule has 0 saturated carbocycles. The number of hydrogen-bond donors (Lipinski definition) is 1. The van der Waals surface area contributed by atoms with Crippen molar-refractivity contribution < 1.29 is 23.1 Å². The summed E-state index contributed by atoms with van der Waals surface area (Å²) in [7, 11) is 1.37. The number of carbonyl (C=O) groups is 2. The number of nitrogens with zero attached hydrogens (tertiary/aromatic N) is 2. The average molecular weight is 576 g/mol. The van der Waals surface area contributed by atoms with E-state index >= 15 is 0 Å². The Bertz CT molecular complexity index is 1190. The molecule has 0 spiro atoms. The highest BCUT2D eigenvalue weighted by Crippen LogP contribution is 2.40. The third-order valence-electron chi connectivity index (χ3n) is 4.78. The van der Waals surface area contributed by atoms with E-state index in [0.717, 1.165) is 11.0 Å². The summed E-state index contributed by atoms with van der Waals surface area (Å²) in [5, 5.41) is 4.70. The van der Waals surface area contributed by atoms with Crippen LogP contribution in [0.5, 0.6) is 5.75 Å². The molecule has 0 saturated heterocycles. The molecule has 0 fully saturated rings. The SMILES string of the molecule is COc1ccc(F)cc1C(C(=O)Nc1nccs1)N1Cc2c(F)cc(I)c(Cl)c2C1=O. The van der Waals surface area contributed by atoms with E-state index in [4.69, 9.17) is 16.3 Å². The van der Waals surface area contributed by atoms with E-state index < -0.39 is 29.5 Å². The summed E-state index contributed by atoms with van der Waals surface area (Å²) in [6.07, 6.45) is 1.51. The van der Waals surface area contributed by atoms with Crippen molar-refractivity contribution in [2.24, 2.45) is 0 Å². The number of fused-ring (bicyclic) bond motifs is 1. The summed E-state index contributed by atoms with van der Waals surface area (Å²) < 4.78 is 34.4. The Morgan fingerprint density at radius 1 is 1.39 bits per heavy atom. The summed E-state index contributed by atoms with van der Waals surface area (Å²) in [4.78, 5) is 31.7. The number of anilines is 1. The summed E-state index contributed by atoms with van der Waals surface area (Å²) >= 11 is 9.30. The number of halogens is 4. The normalized spacial score (nSPS) is 13.8. The number of carbonyl (C=O) groups excluding carboxylic acids is 2. The molecule has 1 aliphatic heterocycles. The lowest BCUT2D eigenvalue weighted by Gasteiger charge is -2.28. The molecule has 0 radical (unpaired) electrons. The molecule has 1 aromatic heterocycles. The maximum absolute atomic E-state index is 14.6. The molecule has 1 N–H and O–H groups in total. The highest BCUT2D eigenvalue weighted by molar-refractivity contribution is 14.1. The van der Waals surface area contributed by atoms with Gasteiger partial charge in [-0.25, -0.2) is 13.8 Å². The van der Waals surface area contributed by atoms with Gasteiger partial charge in [0.15, 0.2) is 5.13 Å². The lowest BCUT2D eigenvalue weighted by molar-refractivity contribution is -0.120. The molecule has 160 valence electrons. The van der Waals surface area contributed by atoms with Gasteiger partial charge in [0.1, 0.15) is 23.4 Å². The van der Waals surface area contributed by atoms with Gasteiger partial charge in [0.05, 0.1) is 24.2 Å². The minimum Gasteiger partial charge on any atom is -0.496 e. The zero-order valence-electron chi connectivity index (χ0n) is 15.8. The van der Waals surface area contributed by atoms with Crippen LogP contribution in [-0.4, -0.2) is 28.8 Å². The van der Waals surface area contributed by atoms with Crippen molar-refractivity contribution in [1.82, 2.24) is 9.88 Å². The zero-order chi connectivity index (χ0) is 22.3. The van der Waals surface area contributed by atoms with Gasteiger partial charge in [-0.3, -0.25) is 14.9 Å². The molecule has 2 heterocycles. The monoisotopic (exact) mass is 575 g/mol. The molecule has 4 rings (SSSR count). The van der Waals surface area contributed by atoms with Crippen molar-refractivity contribution in [1.29, 1.82) is 0 Å². The first-order valence-electron chi connectivity index (χ1n) is 8.83.